The van der Waals surface area contributed by atoms with Gasteiger partial charge in [0.05, 0.1) is 25.4 Å². The molecular weight excluding hydrogens is 274 g/mol. The Morgan fingerprint density at radius 1 is 1.48 bits per heavy atom. The molecule has 21 heavy (non-hydrogen) atoms. The quantitative estimate of drug-likeness (QED) is 0.689. The van der Waals surface area contributed by atoms with Crippen molar-refractivity contribution >= 4 is 11.8 Å². The molecule has 2 N–H and O–H groups in total. The lowest BCUT2D eigenvalue weighted by molar-refractivity contribution is -0.149. The minimum absolute atomic E-state index is 0.0329. The van der Waals surface area contributed by atoms with Crippen LogP contribution in [0.5, 0.6) is 0 Å². The number of rotatable bonds is 5. The van der Waals surface area contributed by atoms with E-state index < -0.39 is 6.04 Å². The van der Waals surface area contributed by atoms with Gasteiger partial charge in [0, 0.05) is 26.7 Å². The van der Waals surface area contributed by atoms with Gasteiger partial charge in [-0.15, -0.1) is 0 Å². The maximum Gasteiger partial charge on any atom is 0.245 e. The summed E-state index contributed by atoms with van der Waals surface area (Å²) in [5, 5.41) is 6.01. The molecule has 3 unspecified atom stereocenters. The molecule has 2 rings (SSSR count). The van der Waals surface area contributed by atoms with Crippen molar-refractivity contribution in [1.29, 1.82) is 0 Å². The molecule has 2 aliphatic heterocycles. The van der Waals surface area contributed by atoms with Crippen LogP contribution in [0.2, 0.25) is 0 Å². The van der Waals surface area contributed by atoms with Crippen molar-refractivity contribution in [3.8, 4) is 0 Å². The summed E-state index contributed by atoms with van der Waals surface area (Å²) < 4.78 is 10.6. The van der Waals surface area contributed by atoms with Crippen LogP contribution in [-0.2, 0) is 19.1 Å². The van der Waals surface area contributed by atoms with Gasteiger partial charge in [-0.05, 0) is 12.8 Å². The van der Waals surface area contributed by atoms with Gasteiger partial charge in [-0.2, -0.15) is 0 Å². The molecule has 2 aliphatic rings. The Hall–Kier alpha value is -1.18. The van der Waals surface area contributed by atoms with Gasteiger partial charge >= 0.3 is 0 Å². The molecule has 0 aromatic heterocycles. The Balaban J connectivity index is 1.97. The van der Waals surface area contributed by atoms with E-state index >= 15 is 0 Å². The number of carbonyl (C=O) groups excluding carboxylic acids is 2. The highest BCUT2D eigenvalue weighted by molar-refractivity contribution is 5.90. The third-order valence-electron chi connectivity index (χ3n) is 3.99. The van der Waals surface area contributed by atoms with E-state index in [0.717, 1.165) is 6.42 Å². The number of ether oxygens (including phenoxy) is 2. The van der Waals surface area contributed by atoms with Gasteiger partial charge in [0.2, 0.25) is 11.8 Å². The second-order valence-corrected chi connectivity index (χ2v) is 5.47. The number of carbonyl (C=O) groups is 2. The van der Waals surface area contributed by atoms with E-state index in [2.05, 4.69) is 10.6 Å². The number of hydrogen-bond donors (Lipinski definition) is 2. The normalized spacial score (nSPS) is 29.4. The minimum Gasteiger partial charge on any atom is -0.380 e. The van der Waals surface area contributed by atoms with E-state index in [9.17, 15) is 9.59 Å². The van der Waals surface area contributed by atoms with Crippen LogP contribution in [0.4, 0.5) is 0 Å². The number of nitrogens with zero attached hydrogens (tertiary/aromatic N) is 1. The summed E-state index contributed by atoms with van der Waals surface area (Å²) in [6.07, 6.45) is 1.58. The molecule has 0 saturated carbocycles. The predicted octanol–water partition coefficient (Wildman–Crippen LogP) is -0.883. The summed E-state index contributed by atoms with van der Waals surface area (Å²) in [6, 6.07) is -0.796. The van der Waals surface area contributed by atoms with Crippen molar-refractivity contribution in [2.45, 2.75) is 38.0 Å². The lowest BCUT2D eigenvalue weighted by Crippen LogP contribution is -2.59. The van der Waals surface area contributed by atoms with Crippen LogP contribution in [-0.4, -0.2) is 74.9 Å². The first-order valence-electron chi connectivity index (χ1n) is 7.59. The van der Waals surface area contributed by atoms with Gasteiger partial charge in [-0.3, -0.25) is 9.59 Å². The Bertz CT molecular complexity index is 377. The minimum atomic E-state index is -0.527. The summed E-state index contributed by atoms with van der Waals surface area (Å²) in [7, 11) is 1.65. The lowest BCUT2D eigenvalue weighted by Gasteiger charge is -2.36. The third kappa shape index (κ3) is 3.93. The van der Waals surface area contributed by atoms with Crippen LogP contribution in [0.15, 0.2) is 0 Å². The van der Waals surface area contributed by atoms with Gasteiger partial charge in [-0.1, -0.05) is 6.92 Å². The van der Waals surface area contributed by atoms with E-state index in [4.69, 9.17) is 9.47 Å². The summed E-state index contributed by atoms with van der Waals surface area (Å²) in [6.45, 7) is 4.48. The fourth-order valence-electron chi connectivity index (χ4n) is 2.72. The Kier molecular flexibility index (Phi) is 5.96. The molecule has 2 amide bonds. The van der Waals surface area contributed by atoms with Crippen LogP contribution in [0.1, 0.15) is 19.8 Å². The molecule has 2 heterocycles. The van der Waals surface area contributed by atoms with Crippen molar-refractivity contribution in [1.82, 2.24) is 15.5 Å². The summed E-state index contributed by atoms with van der Waals surface area (Å²) >= 11 is 0. The first-order chi connectivity index (χ1) is 10.2. The molecule has 0 radical (unpaired) electrons. The Morgan fingerprint density at radius 2 is 2.29 bits per heavy atom. The number of amides is 2. The topological polar surface area (TPSA) is 79.9 Å². The van der Waals surface area contributed by atoms with E-state index in [0.29, 0.717) is 32.7 Å². The highest BCUT2D eigenvalue weighted by Gasteiger charge is 2.38. The predicted molar refractivity (Wildman–Crippen MR) is 76.8 cm³/mol. The van der Waals surface area contributed by atoms with Gasteiger partial charge in [-0.25, -0.2) is 0 Å². The average Bonchev–Trinajstić information content (AvgIpc) is 3.01. The molecule has 0 aromatic carbocycles. The molecule has 120 valence electrons. The zero-order chi connectivity index (χ0) is 15.2. The number of methoxy groups -OCH3 is 1. The van der Waals surface area contributed by atoms with E-state index in [1.165, 1.54) is 0 Å². The molecule has 2 fully saturated rings. The molecule has 3 atom stereocenters. The summed E-state index contributed by atoms with van der Waals surface area (Å²) in [4.78, 5) is 26.4. The SMILES string of the molecule is CCCNC(=O)C1COCCN1C(=O)C1CC(OC)CN1. The molecule has 0 spiro atoms. The van der Waals surface area contributed by atoms with Crippen molar-refractivity contribution in [3.63, 3.8) is 0 Å². The average molecular weight is 299 g/mol. The zero-order valence-electron chi connectivity index (χ0n) is 12.8. The van der Waals surface area contributed by atoms with Crippen LogP contribution in [0.3, 0.4) is 0 Å². The highest BCUT2D eigenvalue weighted by atomic mass is 16.5. The number of morpholine rings is 1. The molecule has 0 aromatic rings. The van der Waals surface area contributed by atoms with E-state index in [-0.39, 0.29) is 30.6 Å². The second-order valence-electron chi connectivity index (χ2n) is 5.47. The largest absolute Gasteiger partial charge is 0.380 e. The van der Waals surface area contributed by atoms with E-state index in [1.54, 1.807) is 12.0 Å². The molecule has 2 saturated heterocycles. The third-order valence-corrected chi connectivity index (χ3v) is 3.99. The fraction of sp³-hybridized carbons (Fsp3) is 0.857. The van der Waals surface area contributed by atoms with Crippen LogP contribution in [0.25, 0.3) is 0 Å². The number of hydrogen-bond acceptors (Lipinski definition) is 5. The molecule has 0 bridgehead atoms. The zero-order valence-corrected chi connectivity index (χ0v) is 12.8. The van der Waals surface area contributed by atoms with Gasteiger partial charge < -0.3 is 25.0 Å². The molecular formula is C14H25N3O4. The van der Waals surface area contributed by atoms with Crippen molar-refractivity contribution < 1.29 is 19.1 Å². The highest BCUT2D eigenvalue weighted by Crippen LogP contribution is 2.16. The Morgan fingerprint density at radius 3 is 2.95 bits per heavy atom. The number of nitrogens with one attached hydrogen (secondary N) is 2. The maximum atomic E-state index is 12.6. The monoisotopic (exact) mass is 299 g/mol. The molecule has 0 aliphatic carbocycles. The Labute approximate surface area is 125 Å². The molecule has 7 heteroatoms. The van der Waals surface area contributed by atoms with Crippen molar-refractivity contribution in [2.24, 2.45) is 0 Å². The van der Waals surface area contributed by atoms with Crippen LogP contribution < -0.4 is 10.6 Å². The first kappa shape index (κ1) is 16.2. The smallest absolute Gasteiger partial charge is 0.245 e. The summed E-state index contributed by atoms with van der Waals surface area (Å²) in [5.74, 6) is -0.166. The van der Waals surface area contributed by atoms with Crippen molar-refractivity contribution in [3.05, 3.63) is 0 Å². The van der Waals surface area contributed by atoms with Crippen molar-refractivity contribution in [2.75, 3.05) is 40.0 Å². The van der Waals surface area contributed by atoms with Crippen LogP contribution >= 0.6 is 0 Å². The lowest BCUT2D eigenvalue weighted by atomic mass is 10.1. The van der Waals surface area contributed by atoms with Gasteiger partial charge in [0.1, 0.15) is 6.04 Å². The molecule has 7 nitrogen and oxygen atoms in total. The standard InChI is InChI=1S/C14H25N3O4/c1-3-4-15-13(18)12-9-21-6-5-17(12)14(19)11-7-10(20-2)8-16-11/h10-12,16H,3-9H2,1-2H3,(H,15,18). The van der Waals surface area contributed by atoms with Crippen LogP contribution in [0, 0.1) is 0 Å². The first-order valence-corrected chi connectivity index (χ1v) is 7.59. The fourth-order valence-corrected chi connectivity index (χ4v) is 2.72. The second kappa shape index (κ2) is 7.72. The van der Waals surface area contributed by atoms with Gasteiger partial charge in [0.25, 0.3) is 0 Å². The maximum absolute atomic E-state index is 12.6. The summed E-state index contributed by atoms with van der Waals surface area (Å²) in [5.41, 5.74) is 0. The van der Waals surface area contributed by atoms with Gasteiger partial charge in [0.15, 0.2) is 0 Å². The van der Waals surface area contributed by atoms with E-state index in [1.807, 2.05) is 6.92 Å².